The molecule has 0 aliphatic carbocycles. The van der Waals surface area contributed by atoms with Crippen LogP contribution in [-0.2, 0) is 4.75 Å². The summed E-state index contributed by atoms with van der Waals surface area (Å²) in [7, 11) is 1.60. The van der Waals surface area contributed by atoms with E-state index in [0.29, 0.717) is 5.69 Å². The highest BCUT2D eigenvalue weighted by atomic mass is 32.2. The van der Waals surface area contributed by atoms with E-state index in [-0.39, 0.29) is 12.5 Å². The molecule has 34 heavy (non-hydrogen) atoms. The van der Waals surface area contributed by atoms with E-state index in [1.807, 2.05) is 30.3 Å². The number of amides is 1. The van der Waals surface area contributed by atoms with Gasteiger partial charge in [0, 0.05) is 12.4 Å². The molecule has 4 aromatic rings. The standard InChI is InChI=1S/C28H23N3OS2/c1-31(19-18-29)27(32)25-21-33-26(30-25)17-20-34-28(22-11-5-2-6-12-22,23-13-7-3-8-14-23)24-15-9-4-10-16-24/h2-17,20-21H,19H2,1H3/b20-17-. The third kappa shape index (κ3) is 4.96. The topological polar surface area (TPSA) is 57.0 Å². The molecule has 1 amide bonds. The van der Waals surface area contributed by atoms with Gasteiger partial charge < -0.3 is 4.90 Å². The molecule has 3 aromatic carbocycles. The summed E-state index contributed by atoms with van der Waals surface area (Å²) in [6.45, 7) is 0.0329. The van der Waals surface area contributed by atoms with Crippen LogP contribution in [0.25, 0.3) is 6.08 Å². The number of carbonyl (C=O) groups is 1. The molecular formula is C28H23N3OS2. The second-order valence-electron chi connectivity index (χ2n) is 7.59. The van der Waals surface area contributed by atoms with Gasteiger partial charge in [-0.3, -0.25) is 4.79 Å². The summed E-state index contributed by atoms with van der Waals surface area (Å²) >= 11 is 3.11. The smallest absolute Gasteiger partial charge is 0.273 e. The van der Waals surface area contributed by atoms with Crippen LogP contribution in [-0.4, -0.2) is 29.4 Å². The summed E-state index contributed by atoms with van der Waals surface area (Å²) < 4.78 is -0.455. The SMILES string of the molecule is CN(CC#N)C(=O)c1csc(/C=C\SC(c2ccccc2)(c2ccccc2)c2ccccc2)n1. The second-order valence-corrected chi connectivity index (χ2v) is 9.60. The van der Waals surface area contributed by atoms with Crippen molar-refractivity contribution in [2.45, 2.75) is 4.75 Å². The number of nitrogens with zero attached hydrogens (tertiary/aromatic N) is 3. The molecule has 4 rings (SSSR count). The highest BCUT2D eigenvalue weighted by Crippen LogP contribution is 2.49. The summed E-state index contributed by atoms with van der Waals surface area (Å²) in [5, 5.41) is 13.4. The van der Waals surface area contributed by atoms with Gasteiger partial charge in [0.25, 0.3) is 5.91 Å². The first-order chi connectivity index (χ1) is 16.6. The van der Waals surface area contributed by atoms with E-state index >= 15 is 0 Å². The lowest BCUT2D eigenvalue weighted by atomic mass is 9.84. The molecule has 4 nitrogen and oxygen atoms in total. The van der Waals surface area contributed by atoms with Crippen LogP contribution in [0.15, 0.2) is 102 Å². The minimum atomic E-state index is -0.455. The van der Waals surface area contributed by atoms with Gasteiger partial charge in [0.1, 0.15) is 17.2 Å². The molecule has 0 radical (unpaired) electrons. The molecule has 0 aliphatic rings. The molecule has 0 fully saturated rings. The maximum Gasteiger partial charge on any atom is 0.273 e. The van der Waals surface area contributed by atoms with E-state index in [9.17, 15) is 4.79 Å². The zero-order valence-corrected chi connectivity index (χ0v) is 20.3. The Labute approximate surface area is 208 Å². The molecule has 0 saturated heterocycles. The van der Waals surface area contributed by atoms with Gasteiger partial charge in [-0.2, -0.15) is 5.26 Å². The van der Waals surface area contributed by atoms with Gasteiger partial charge in [-0.1, -0.05) is 91.0 Å². The van der Waals surface area contributed by atoms with Crippen LogP contribution in [0.1, 0.15) is 32.2 Å². The fourth-order valence-electron chi connectivity index (χ4n) is 3.75. The first kappa shape index (κ1) is 23.5. The Morgan fingerprint density at radius 3 is 1.94 bits per heavy atom. The van der Waals surface area contributed by atoms with Crippen molar-refractivity contribution in [3.63, 3.8) is 0 Å². The van der Waals surface area contributed by atoms with Crippen LogP contribution in [0.4, 0.5) is 0 Å². The molecule has 0 bridgehead atoms. The fraction of sp³-hybridized carbons (Fsp3) is 0.107. The van der Waals surface area contributed by atoms with Gasteiger partial charge in [0.2, 0.25) is 0 Å². The third-order valence-electron chi connectivity index (χ3n) is 5.39. The third-order valence-corrected chi connectivity index (χ3v) is 7.53. The van der Waals surface area contributed by atoms with Gasteiger partial charge in [-0.25, -0.2) is 4.98 Å². The fourth-order valence-corrected chi connectivity index (χ4v) is 5.74. The van der Waals surface area contributed by atoms with Gasteiger partial charge in [-0.05, 0) is 28.2 Å². The molecule has 6 heteroatoms. The monoisotopic (exact) mass is 481 g/mol. The number of thiazole rings is 1. The Kier molecular flexibility index (Phi) is 7.58. The highest BCUT2D eigenvalue weighted by molar-refractivity contribution is 8.03. The summed E-state index contributed by atoms with van der Waals surface area (Å²) in [6, 6.07) is 33.4. The first-order valence-corrected chi connectivity index (χ1v) is 12.5. The number of nitriles is 1. The van der Waals surface area contributed by atoms with Crippen LogP contribution in [0.3, 0.4) is 0 Å². The van der Waals surface area contributed by atoms with E-state index in [1.54, 1.807) is 24.2 Å². The number of hydrogen-bond acceptors (Lipinski definition) is 5. The zero-order chi connectivity index (χ0) is 23.8. The predicted octanol–water partition coefficient (Wildman–Crippen LogP) is 6.43. The molecule has 0 N–H and O–H groups in total. The van der Waals surface area contributed by atoms with E-state index in [1.165, 1.54) is 32.9 Å². The number of carbonyl (C=O) groups excluding carboxylic acids is 1. The summed E-state index contributed by atoms with van der Waals surface area (Å²) in [5.74, 6) is -0.252. The minimum Gasteiger partial charge on any atom is -0.327 e. The predicted molar refractivity (Wildman–Crippen MR) is 141 cm³/mol. The van der Waals surface area contributed by atoms with E-state index in [4.69, 9.17) is 5.26 Å². The van der Waals surface area contributed by atoms with Crippen LogP contribution < -0.4 is 0 Å². The lowest BCUT2D eigenvalue weighted by molar-refractivity contribution is 0.0807. The molecule has 0 aliphatic heterocycles. The summed E-state index contributed by atoms with van der Waals surface area (Å²) in [6.07, 6.45) is 1.94. The Morgan fingerprint density at radius 2 is 1.47 bits per heavy atom. The number of thioether (sulfide) groups is 1. The highest BCUT2D eigenvalue weighted by Gasteiger charge is 2.36. The largest absolute Gasteiger partial charge is 0.327 e. The van der Waals surface area contributed by atoms with E-state index in [2.05, 4.69) is 83.2 Å². The lowest BCUT2D eigenvalue weighted by Crippen LogP contribution is -2.27. The summed E-state index contributed by atoms with van der Waals surface area (Å²) in [5.41, 5.74) is 3.88. The van der Waals surface area contributed by atoms with Crippen LogP contribution in [0, 0.1) is 11.3 Å². The lowest BCUT2D eigenvalue weighted by Gasteiger charge is -2.34. The number of aromatic nitrogens is 1. The molecule has 168 valence electrons. The molecule has 1 heterocycles. The Bertz CT molecular complexity index is 1200. The molecule has 1 aromatic heterocycles. The van der Waals surface area contributed by atoms with Gasteiger partial charge in [-0.15, -0.1) is 23.1 Å². The molecular weight excluding hydrogens is 458 g/mol. The molecule has 0 saturated carbocycles. The average molecular weight is 482 g/mol. The van der Waals surface area contributed by atoms with Crippen molar-refractivity contribution < 1.29 is 4.79 Å². The maximum absolute atomic E-state index is 12.4. The van der Waals surface area contributed by atoms with Crippen molar-refractivity contribution in [3.05, 3.63) is 129 Å². The number of benzene rings is 3. The van der Waals surface area contributed by atoms with Crippen molar-refractivity contribution in [3.8, 4) is 6.07 Å². The van der Waals surface area contributed by atoms with E-state index < -0.39 is 4.75 Å². The van der Waals surface area contributed by atoms with Crippen molar-refractivity contribution in [1.29, 1.82) is 5.26 Å². The summed E-state index contributed by atoms with van der Waals surface area (Å²) in [4.78, 5) is 18.3. The van der Waals surface area contributed by atoms with Crippen LogP contribution >= 0.6 is 23.1 Å². The van der Waals surface area contributed by atoms with Crippen molar-refractivity contribution in [2.75, 3.05) is 13.6 Å². The van der Waals surface area contributed by atoms with Crippen molar-refractivity contribution in [2.24, 2.45) is 0 Å². The van der Waals surface area contributed by atoms with Crippen molar-refractivity contribution in [1.82, 2.24) is 9.88 Å². The zero-order valence-electron chi connectivity index (χ0n) is 18.7. The van der Waals surface area contributed by atoms with Crippen molar-refractivity contribution >= 4 is 35.1 Å². The van der Waals surface area contributed by atoms with Crippen LogP contribution in [0.2, 0.25) is 0 Å². The minimum absolute atomic E-state index is 0.0329. The van der Waals surface area contributed by atoms with Crippen LogP contribution in [0.5, 0.6) is 0 Å². The molecule has 0 atom stereocenters. The Hall–Kier alpha value is -3.66. The van der Waals surface area contributed by atoms with E-state index in [0.717, 1.165) is 5.01 Å². The number of rotatable bonds is 8. The number of hydrogen-bond donors (Lipinski definition) is 0. The van der Waals surface area contributed by atoms with Gasteiger partial charge in [0.15, 0.2) is 0 Å². The second kappa shape index (κ2) is 11.0. The maximum atomic E-state index is 12.4. The molecule has 0 spiro atoms. The van der Waals surface area contributed by atoms with Gasteiger partial charge in [0.05, 0.1) is 10.8 Å². The quantitative estimate of drug-likeness (QED) is 0.215. The normalized spacial score (nSPS) is 11.3. The Morgan fingerprint density at radius 1 is 0.971 bits per heavy atom. The average Bonchev–Trinajstić information content (AvgIpc) is 3.37. The first-order valence-electron chi connectivity index (χ1n) is 10.7. The van der Waals surface area contributed by atoms with Gasteiger partial charge >= 0.3 is 0 Å². The molecule has 0 unspecified atom stereocenters. The Balaban J connectivity index is 1.71.